The van der Waals surface area contributed by atoms with Crippen molar-refractivity contribution in [2.45, 2.75) is 12.6 Å². The molecule has 0 aliphatic carbocycles. The Kier molecular flexibility index (Phi) is 4.36. The molecule has 1 aliphatic rings. The van der Waals surface area contributed by atoms with Gasteiger partial charge in [0, 0.05) is 43.3 Å². The van der Waals surface area contributed by atoms with Crippen LogP contribution < -0.4 is 9.64 Å². The van der Waals surface area contributed by atoms with Gasteiger partial charge in [0.2, 0.25) is 0 Å². The predicted molar refractivity (Wildman–Crippen MR) is 79.3 cm³/mol. The normalized spacial score (nSPS) is 18.2. The fraction of sp³-hybridized carbons (Fsp3) is 0.375. The molecule has 0 bridgehead atoms. The zero-order valence-corrected chi connectivity index (χ0v) is 12.3. The highest BCUT2D eigenvalue weighted by atomic mass is 19.4. The van der Waals surface area contributed by atoms with E-state index in [4.69, 9.17) is 4.74 Å². The molecule has 2 aromatic heterocycles. The van der Waals surface area contributed by atoms with Crippen LogP contribution in [0.5, 0.6) is 5.75 Å². The van der Waals surface area contributed by atoms with E-state index in [2.05, 4.69) is 9.97 Å². The summed E-state index contributed by atoms with van der Waals surface area (Å²) in [7, 11) is 0. The molecule has 0 radical (unpaired) electrons. The number of ether oxygens (including phenoxy) is 1. The minimum Gasteiger partial charge on any atom is -0.493 e. The van der Waals surface area contributed by atoms with E-state index in [0.29, 0.717) is 25.4 Å². The maximum Gasteiger partial charge on any atom is 0.433 e. The van der Waals surface area contributed by atoms with Gasteiger partial charge in [-0.25, -0.2) is 0 Å². The van der Waals surface area contributed by atoms with Gasteiger partial charge in [-0.3, -0.25) is 9.97 Å². The van der Waals surface area contributed by atoms with Gasteiger partial charge in [0.25, 0.3) is 0 Å². The highest BCUT2D eigenvalue weighted by Gasteiger charge is 2.33. The maximum absolute atomic E-state index is 12.7. The summed E-state index contributed by atoms with van der Waals surface area (Å²) in [5.41, 5.74) is -0.301. The standard InChI is InChI=1S/C16H16F3N3O/c17-16(18,19)15-9-13(1-7-21-15)22-8-4-12(10-22)11-23-14-2-5-20-6-3-14/h1-3,5-7,9,12H,4,8,10-11H2. The average molecular weight is 323 g/mol. The van der Waals surface area contributed by atoms with E-state index < -0.39 is 11.9 Å². The molecule has 0 N–H and O–H groups in total. The van der Waals surface area contributed by atoms with E-state index in [1.807, 2.05) is 4.90 Å². The third-order valence-electron chi connectivity index (χ3n) is 3.82. The largest absolute Gasteiger partial charge is 0.493 e. The molecule has 4 nitrogen and oxygen atoms in total. The van der Waals surface area contributed by atoms with E-state index in [1.165, 1.54) is 6.20 Å². The van der Waals surface area contributed by atoms with E-state index in [9.17, 15) is 13.2 Å². The Labute approximate surface area is 131 Å². The lowest BCUT2D eigenvalue weighted by Gasteiger charge is -2.19. The molecule has 0 aromatic carbocycles. The Morgan fingerprint density at radius 1 is 1.17 bits per heavy atom. The zero-order chi connectivity index (χ0) is 16.3. The molecule has 3 rings (SSSR count). The summed E-state index contributed by atoms with van der Waals surface area (Å²) in [6.07, 6.45) is 0.991. The van der Waals surface area contributed by atoms with Crippen molar-refractivity contribution >= 4 is 5.69 Å². The average Bonchev–Trinajstić information content (AvgIpc) is 3.02. The van der Waals surface area contributed by atoms with Crippen molar-refractivity contribution in [3.8, 4) is 5.75 Å². The summed E-state index contributed by atoms with van der Waals surface area (Å²) < 4.78 is 43.9. The van der Waals surface area contributed by atoms with Crippen LogP contribution in [0.4, 0.5) is 18.9 Å². The Bertz CT molecular complexity index is 649. The number of aromatic nitrogens is 2. The minimum absolute atomic E-state index is 0.283. The Hall–Kier alpha value is -2.31. The first-order valence-electron chi connectivity index (χ1n) is 7.33. The van der Waals surface area contributed by atoms with E-state index in [1.54, 1.807) is 30.6 Å². The third-order valence-corrected chi connectivity index (χ3v) is 3.82. The second-order valence-corrected chi connectivity index (χ2v) is 5.49. The fourth-order valence-electron chi connectivity index (χ4n) is 2.62. The molecule has 0 spiro atoms. The number of anilines is 1. The van der Waals surface area contributed by atoms with Crippen LogP contribution in [0.2, 0.25) is 0 Å². The second-order valence-electron chi connectivity index (χ2n) is 5.49. The lowest BCUT2D eigenvalue weighted by Crippen LogP contribution is -2.22. The number of alkyl halides is 3. The van der Waals surface area contributed by atoms with Crippen LogP contribution in [0.25, 0.3) is 0 Å². The molecule has 0 saturated carbocycles. The number of rotatable bonds is 4. The molecular weight excluding hydrogens is 307 g/mol. The van der Waals surface area contributed by atoms with Gasteiger partial charge in [-0.1, -0.05) is 0 Å². The molecule has 1 atom stereocenters. The van der Waals surface area contributed by atoms with Crippen molar-refractivity contribution in [1.29, 1.82) is 0 Å². The Morgan fingerprint density at radius 3 is 2.70 bits per heavy atom. The van der Waals surface area contributed by atoms with E-state index in [-0.39, 0.29) is 5.92 Å². The zero-order valence-electron chi connectivity index (χ0n) is 12.3. The van der Waals surface area contributed by atoms with Gasteiger partial charge >= 0.3 is 6.18 Å². The summed E-state index contributed by atoms with van der Waals surface area (Å²) in [4.78, 5) is 9.26. The van der Waals surface area contributed by atoms with Gasteiger partial charge in [0.15, 0.2) is 0 Å². The molecule has 1 saturated heterocycles. The van der Waals surface area contributed by atoms with Crippen molar-refractivity contribution in [3.05, 3.63) is 48.5 Å². The second kappa shape index (κ2) is 6.44. The van der Waals surface area contributed by atoms with Crippen LogP contribution in [-0.4, -0.2) is 29.7 Å². The molecule has 1 fully saturated rings. The van der Waals surface area contributed by atoms with Gasteiger partial charge in [-0.15, -0.1) is 0 Å². The topological polar surface area (TPSA) is 38.2 Å². The van der Waals surface area contributed by atoms with Gasteiger partial charge in [-0.05, 0) is 30.7 Å². The Morgan fingerprint density at radius 2 is 1.96 bits per heavy atom. The van der Waals surface area contributed by atoms with Crippen LogP contribution in [0, 0.1) is 5.92 Å². The molecule has 2 aromatic rings. The SMILES string of the molecule is FC(F)(F)c1cc(N2CCC(COc3ccncc3)C2)ccn1. The van der Waals surface area contributed by atoms with Gasteiger partial charge < -0.3 is 9.64 Å². The first-order chi connectivity index (χ1) is 11.0. The highest BCUT2D eigenvalue weighted by molar-refractivity contribution is 5.48. The first-order valence-corrected chi connectivity index (χ1v) is 7.33. The van der Waals surface area contributed by atoms with Crippen LogP contribution in [0.3, 0.4) is 0 Å². The summed E-state index contributed by atoms with van der Waals surface area (Å²) in [5.74, 6) is 1.03. The molecule has 122 valence electrons. The molecule has 1 unspecified atom stereocenters. The van der Waals surface area contributed by atoms with Crippen molar-refractivity contribution in [1.82, 2.24) is 9.97 Å². The third kappa shape index (κ3) is 3.91. The monoisotopic (exact) mass is 323 g/mol. The maximum atomic E-state index is 12.7. The van der Waals surface area contributed by atoms with E-state index >= 15 is 0 Å². The van der Waals surface area contributed by atoms with Crippen molar-refractivity contribution in [2.24, 2.45) is 5.92 Å². The number of halogens is 3. The molecule has 3 heterocycles. The minimum atomic E-state index is -4.42. The predicted octanol–water partition coefficient (Wildman–Crippen LogP) is 3.40. The summed E-state index contributed by atoms with van der Waals surface area (Å²) >= 11 is 0. The molecular formula is C16H16F3N3O. The molecule has 0 amide bonds. The smallest absolute Gasteiger partial charge is 0.433 e. The van der Waals surface area contributed by atoms with Crippen LogP contribution in [0.1, 0.15) is 12.1 Å². The number of nitrogens with zero attached hydrogens (tertiary/aromatic N) is 3. The van der Waals surface area contributed by atoms with Crippen molar-refractivity contribution in [2.75, 3.05) is 24.6 Å². The summed E-state index contributed by atoms with van der Waals surface area (Å²) in [5, 5.41) is 0. The van der Waals surface area contributed by atoms with Crippen molar-refractivity contribution in [3.63, 3.8) is 0 Å². The fourth-order valence-corrected chi connectivity index (χ4v) is 2.62. The first kappa shape index (κ1) is 15.6. The molecule has 23 heavy (non-hydrogen) atoms. The van der Waals surface area contributed by atoms with Crippen LogP contribution in [-0.2, 0) is 6.18 Å². The van der Waals surface area contributed by atoms with Gasteiger partial charge in [0.05, 0.1) is 6.61 Å². The summed E-state index contributed by atoms with van der Waals surface area (Å²) in [6.45, 7) is 1.93. The summed E-state index contributed by atoms with van der Waals surface area (Å²) in [6, 6.07) is 6.28. The van der Waals surface area contributed by atoms with Gasteiger partial charge in [0.1, 0.15) is 11.4 Å². The number of hydrogen-bond donors (Lipinski definition) is 0. The van der Waals surface area contributed by atoms with Crippen molar-refractivity contribution < 1.29 is 17.9 Å². The van der Waals surface area contributed by atoms with Crippen LogP contribution >= 0.6 is 0 Å². The van der Waals surface area contributed by atoms with Gasteiger partial charge in [-0.2, -0.15) is 13.2 Å². The number of hydrogen-bond acceptors (Lipinski definition) is 4. The highest BCUT2D eigenvalue weighted by Crippen LogP contribution is 2.31. The van der Waals surface area contributed by atoms with E-state index in [0.717, 1.165) is 18.2 Å². The quantitative estimate of drug-likeness (QED) is 0.864. The lowest BCUT2D eigenvalue weighted by molar-refractivity contribution is -0.141. The molecule has 1 aliphatic heterocycles. The lowest BCUT2D eigenvalue weighted by atomic mass is 10.1. The molecule has 7 heteroatoms. The number of pyridine rings is 2. The Balaban J connectivity index is 1.59. The van der Waals surface area contributed by atoms with Crippen LogP contribution in [0.15, 0.2) is 42.9 Å².